The Morgan fingerprint density at radius 3 is 2.57 bits per heavy atom. The Bertz CT molecular complexity index is 593. The molecule has 0 saturated heterocycles. The molecule has 112 valence electrons. The average Bonchev–Trinajstić information content (AvgIpc) is 2.48. The molecule has 2 aromatic rings. The lowest BCUT2D eigenvalue weighted by Gasteiger charge is -2.10. The summed E-state index contributed by atoms with van der Waals surface area (Å²) in [7, 11) is 0. The second-order valence-corrected chi connectivity index (χ2v) is 4.64. The minimum atomic E-state index is 0.278. The number of para-hydroxylation sites is 1. The van der Waals surface area contributed by atoms with E-state index in [1.165, 1.54) is 0 Å². The predicted molar refractivity (Wildman–Crippen MR) is 84.5 cm³/mol. The molecule has 0 atom stereocenters. The van der Waals surface area contributed by atoms with Crippen LogP contribution in [0, 0.1) is 0 Å². The molecule has 1 aromatic carbocycles. The molecule has 0 bridgehead atoms. The maximum atomic E-state index is 6.12. The number of hydrogen-bond donors (Lipinski definition) is 2. The number of nitrogens with zero attached hydrogens (tertiary/aromatic N) is 3. The molecule has 0 fully saturated rings. The second kappa shape index (κ2) is 7.64. The molecule has 0 aliphatic heterocycles. The van der Waals surface area contributed by atoms with Gasteiger partial charge in [-0.1, -0.05) is 30.7 Å². The predicted octanol–water partition coefficient (Wildman–Crippen LogP) is 3.49. The van der Waals surface area contributed by atoms with Gasteiger partial charge in [0.15, 0.2) is 0 Å². The summed E-state index contributed by atoms with van der Waals surface area (Å²) in [5.74, 6) is 0.866. The smallest absolute Gasteiger partial charge is 0.323 e. The number of ether oxygens (including phenoxy) is 1. The summed E-state index contributed by atoms with van der Waals surface area (Å²) in [4.78, 5) is 12.7. The summed E-state index contributed by atoms with van der Waals surface area (Å²) >= 11 is 6.12. The largest absolute Gasteiger partial charge is 0.464 e. The van der Waals surface area contributed by atoms with Crippen LogP contribution in [0.15, 0.2) is 24.3 Å². The first kappa shape index (κ1) is 15.3. The van der Waals surface area contributed by atoms with Crippen LogP contribution in [0.4, 0.5) is 17.6 Å². The van der Waals surface area contributed by atoms with E-state index in [4.69, 9.17) is 16.3 Å². The summed E-state index contributed by atoms with van der Waals surface area (Å²) in [5.41, 5.74) is 0.731. The monoisotopic (exact) mass is 307 g/mol. The molecular weight excluding hydrogens is 290 g/mol. The van der Waals surface area contributed by atoms with Gasteiger partial charge >= 0.3 is 6.01 Å². The Balaban J connectivity index is 2.24. The van der Waals surface area contributed by atoms with Gasteiger partial charge in [0.05, 0.1) is 17.3 Å². The number of nitrogens with one attached hydrogen (secondary N) is 2. The third kappa shape index (κ3) is 4.46. The van der Waals surface area contributed by atoms with Crippen LogP contribution in [0.2, 0.25) is 5.02 Å². The minimum Gasteiger partial charge on any atom is -0.464 e. The summed E-state index contributed by atoms with van der Waals surface area (Å²) in [6.45, 7) is 5.22. The highest BCUT2D eigenvalue weighted by Crippen LogP contribution is 2.24. The van der Waals surface area contributed by atoms with Crippen molar-refractivity contribution in [2.75, 3.05) is 23.8 Å². The summed E-state index contributed by atoms with van der Waals surface area (Å²) in [5, 5.41) is 6.79. The quantitative estimate of drug-likeness (QED) is 0.816. The summed E-state index contributed by atoms with van der Waals surface area (Å²) in [6, 6.07) is 7.67. The first-order valence-corrected chi connectivity index (χ1v) is 7.25. The second-order valence-electron chi connectivity index (χ2n) is 4.23. The van der Waals surface area contributed by atoms with E-state index in [1.54, 1.807) is 6.07 Å². The zero-order chi connectivity index (χ0) is 15.1. The van der Waals surface area contributed by atoms with Crippen molar-refractivity contribution in [3.05, 3.63) is 29.3 Å². The van der Waals surface area contributed by atoms with Gasteiger partial charge in [-0.3, -0.25) is 0 Å². The van der Waals surface area contributed by atoms with Crippen LogP contribution in [0.25, 0.3) is 0 Å². The zero-order valence-electron chi connectivity index (χ0n) is 12.1. The molecule has 0 amide bonds. The Morgan fingerprint density at radius 2 is 1.86 bits per heavy atom. The number of hydrogen-bond acceptors (Lipinski definition) is 6. The van der Waals surface area contributed by atoms with E-state index in [9.17, 15) is 0 Å². The molecule has 0 unspecified atom stereocenters. The molecule has 0 aliphatic rings. The van der Waals surface area contributed by atoms with Gasteiger partial charge in [0.1, 0.15) is 0 Å². The van der Waals surface area contributed by atoms with Crippen LogP contribution >= 0.6 is 11.6 Å². The van der Waals surface area contributed by atoms with Gasteiger partial charge in [0.2, 0.25) is 11.9 Å². The van der Waals surface area contributed by atoms with Gasteiger partial charge in [0.25, 0.3) is 0 Å². The van der Waals surface area contributed by atoms with E-state index in [1.807, 2.05) is 25.1 Å². The van der Waals surface area contributed by atoms with Crippen molar-refractivity contribution < 1.29 is 4.74 Å². The standard InChI is InChI=1S/C14H18ClN5O/c1-3-9-16-12-18-13(20-14(19-12)21-4-2)17-11-8-6-5-7-10(11)15/h5-8H,3-4,9H2,1-2H3,(H2,16,17,18,19,20). The van der Waals surface area contributed by atoms with E-state index >= 15 is 0 Å². The average molecular weight is 308 g/mol. The fourth-order valence-electron chi connectivity index (χ4n) is 1.60. The van der Waals surface area contributed by atoms with Gasteiger partial charge in [-0.05, 0) is 25.5 Å². The number of rotatable bonds is 7. The highest BCUT2D eigenvalue weighted by atomic mass is 35.5. The molecule has 7 heteroatoms. The third-order valence-corrected chi connectivity index (χ3v) is 2.87. The number of halogens is 1. The lowest BCUT2D eigenvalue weighted by molar-refractivity contribution is 0.312. The topological polar surface area (TPSA) is 72.0 Å². The van der Waals surface area contributed by atoms with Gasteiger partial charge < -0.3 is 15.4 Å². The molecule has 21 heavy (non-hydrogen) atoms. The van der Waals surface area contributed by atoms with Crippen LogP contribution in [0.3, 0.4) is 0 Å². The Labute approximate surface area is 128 Å². The lowest BCUT2D eigenvalue weighted by Crippen LogP contribution is -2.10. The number of aromatic nitrogens is 3. The first-order chi connectivity index (χ1) is 10.2. The molecule has 2 N–H and O–H groups in total. The highest BCUT2D eigenvalue weighted by Gasteiger charge is 2.08. The van der Waals surface area contributed by atoms with Gasteiger partial charge in [-0.15, -0.1) is 0 Å². The molecular formula is C14H18ClN5O. The Morgan fingerprint density at radius 1 is 1.10 bits per heavy atom. The first-order valence-electron chi connectivity index (χ1n) is 6.87. The van der Waals surface area contributed by atoms with E-state index in [-0.39, 0.29) is 6.01 Å². The third-order valence-electron chi connectivity index (χ3n) is 2.54. The van der Waals surface area contributed by atoms with Gasteiger partial charge in [-0.25, -0.2) is 0 Å². The molecule has 0 radical (unpaired) electrons. The maximum Gasteiger partial charge on any atom is 0.323 e. The van der Waals surface area contributed by atoms with E-state index < -0.39 is 0 Å². The molecule has 6 nitrogen and oxygen atoms in total. The fourth-order valence-corrected chi connectivity index (χ4v) is 1.79. The van der Waals surface area contributed by atoms with Crippen LogP contribution in [-0.2, 0) is 0 Å². The van der Waals surface area contributed by atoms with Crippen LogP contribution in [0.1, 0.15) is 20.3 Å². The molecule has 0 aliphatic carbocycles. The van der Waals surface area contributed by atoms with E-state index in [0.29, 0.717) is 23.5 Å². The zero-order valence-corrected chi connectivity index (χ0v) is 12.8. The molecule has 0 spiro atoms. The molecule has 1 heterocycles. The minimum absolute atomic E-state index is 0.278. The van der Waals surface area contributed by atoms with Gasteiger partial charge in [-0.2, -0.15) is 15.0 Å². The number of benzene rings is 1. The highest BCUT2D eigenvalue weighted by molar-refractivity contribution is 6.33. The van der Waals surface area contributed by atoms with Crippen molar-refractivity contribution in [2.24, 2.45) is 0 Å². The molecule has 1 aromatic heterocycles. The summed E-state index contributed by atoms with van der Waals surface area (Å²) in [6.07, 6.45) is 0.975. The SMILES string of the molecule is CCCNc1nc(Nc2ccccc2Cl)nc(OCC)n1. The van der Waals surface area contributed by atoms with Crippen molar-refractivity contribution in [3.63, 3.8) is 0 Å². The summed E-state index contributed by atoms with van der Waals surface area (Å²) < 4.78 is 5.36. The van der Waals surface area contributed by atoms with Crippen LogP contribution in [0.5, 0.6) is 6.01 Å². The van der Waals surface area contributed by atoms with Crippen molar-refractivity contribution in [1.29, 1.82) is 0 Å². The van der Waals surface area contributed by atoms with Crippen LogP contribution < -0.4 is 15.4 Å². The van der Waals surface area contributed by atoms with Gasteiger partial charge in [0, 0.05) is 6.54 Å². The Kier molecular flexibility index (Phi) is 5.57. The fraction of sp³-hybridized carbons (Fsp3) is 0.357. The van der Waals surface area contributed by atoms with Crippen molar-refractivity contribution in [1.82, 2.24) is 15.0 Å². The van der Waals surface area contributed by atoms with Crippen molar-refractivity contribution >= 4 is 29.2 Å². The van der Waals surface area contributed by atoms with Crippen molar-refractivity contribution in [3.8, 4) is 6.01 Å². The molecule has 0 saturated carbocycles. The van der Waals surface area contributed by atoms with E-state index in [0.717, 1.165) is 18.7 Å². The number of anilines is 3. The maximum absolute atomic E-state index is 6.12. The van der Waals surface area contributed by atoms with Crippen LogP contribution in [-0.4, -0.2) is 28.1 Å². The van der Waals surface area contributed by atoms with E-state index in [2.05, 4.69) is 32.5 Å². The lowest BCUT2D eigenvalue weighted by atomic mass is 10.3. The van der Waals surface area contributed by atoms with Crippen molar-refractivity contribution in [2.45, 2.75) is 20.3 Å². The Hall–Kier alpha value is -2.08. The normalized spacial score (nSPS) is 10.2. The molecule has 2 rings (SSSR count).